The Labute approximate surface area is 479 Å². The Balaban J connectivity index is -0.000000200. The largest absolute Gasteiger partial charge is 0.379 e. The average molecular weight is 1140 g/mol. The quantitative estimate of drug-likeness (QED) is 0.0229. The van der Waals surface area contributed by atoms with Crippen LogP contribution in [0.4, 0.5) is 0 Å². The number of ether oxygens (including phenoxy) is 14. The van der Waals surface area contributed by atoms with E-state index in [0.29, 0.717) is 105 Å². The number of nitrogens with two attached hydrogens (primary N) is 7. The molecule has 10 unspecified atom stereocenters. The number of rotatable bonds is 48. The lowest BCUT2D eigenvalue weighted by Crippen LogP contribution is -2.28. The van der Waals surface area contributed by atoms with Crippen molar-refractivity contribution in [1.29, 1.82) is 0 Å². The first-order valence-corrected chi connectivity index (χ1v) is 29.8. The molecular formula is C57H133N7O14. The van der Waals surface area contributed by atoms with Crippen LogP contribution < -0.4 is 40.1 Å². The van der Waals surface area contributed by atoms with Gasteiger partial charge in [-0.3, -0.25) is 0 Å². The maximum atomic E-state index is 5.64. The van der Waals surface area contributed by atoms with E-state index in [1.807, 2.05) is 69.2 Å². The van der Waals surface area contributed by atoms with Gasteiger partial charge in [-0.25, -0.2) is 0 Å². The molecule has 0 bridgehead atoms. The molecule has 0 radical (unpaired) electrons. The molecule has 21 heteroatoms. The molecule has 78 heavy (non-hydrogen) atoms. The molecule has 21 nitrogen and oxygen atoms in total. The lowest BCUT2D eigenvalue weighted by Gasteiger charge is -2.22. The van der Waals surface area contributed by atoms with Gasteiger partial charge in [0.2, 0.25) is 0 Å². The summed E-state index contributed by atoms with van der Waals surface area (Å²) in [6.07, 6.45) is 9.85. The van der Waals surface area contributed by atoms with E-state index in [4.69, 9.17) is 106 Å². The van der Waals surface area contributed by atoms with Crippen molar-refractivity contribution >= 4 is 0 Å². The number of hydrogen-bond acceptors (Lipinski definition) is 21. The van der Waals surface area contributed by atoms with Gasteiger partial charge in [-0.2, -0.15) is 0 Å². The van der Waals surface area contributed by atoms with E-state index in [-0.39, 0.29) is 68.2 Å². The van der Waals surface area contributed by atoms with Crippen LogP contribution in [0, 0.1) is 5.92 Å². The van der Waals surface area contributed by atoms with Crippen LogP contribution in [0.3, 0.4) is 0 Å². The van der Waals surface area contributed by atoms with Crippen molar-refractivity contribution in [2.45, 2.75) is 250 Å². The Morgan fingerprint density at radius 1 is 0.295 bits per heavy atom. The molecule has 0 heterocycles. The van der Waals surface area contributed by atoms with E-state index in [1.165, 1.54) is 0 Å². The predicted octanol–water partition coefficient (Wildman–Crippen LogP) is 7.52. The summed E-state index contributed by atoms with van der Waals surface area (Å²) in [4.78, 5) is 0. The van der Waals surface area contributed by atoms with Crippen LogP contribution >= 0.6 is 0 Å². The van der Waals surface area contributed by atoms with Gasteiger partial charge in [0.15, 0.2) is 37.7 Å². The van der Waals surface area contributed by atoms with Gasteiger partial charge < -0.3 is 106 Å². The van der Waals surface area contributed by atoms with Gasteiger partial charge in [-0.05, 0) is 160 Å². The Hall–Kier alpha value is -0.840. The van der Waals surface area contributed by atoms with Gasteiger partial charge in [0.25, 0.3) is 0 Å². The Kier molecular flexibility index (Phi) is 81.9. The third-order valence-corrected chi connectivity index (χ3v) is 10.0. The summed E-state index contributed by atoms with van der Waals surface area (Å²) in [7, 11) is 0. The fraction of sp³-hybridized carbons (Fsp3) is 1.00. The van der Waals surface area contributed by atoms with E-state index in [1.54, 1.807) is 0 Å². The van der Waals surface area contributed by atoms with Crippen molar-refractivity contribution in [3.8, 4) is 0 Å². The third-order valence-electron chi connectivity index (χ3n) is 10.0. The van der Waals surface area contributed by atoms with Crippen LogP contribution in [-0.4, -0.2) is 187 Å². The molecule has 480 valence electrons. The monoisotopic (exact) mass is 1140 g/mol. The Bertz CT molecular complexity index is 989. The summed E-state index contributed by atoms with van der Waals surface area (Å²) in [5, 5.41) is 0. The van der Waals surface area contributed by atoms with E-state index in [2.05, 4.69) is 48.5 Å². The topological polar surface area (TPSA) is 311 Å². The van der Waals surface area contributed by atoms with E-state index >= 15 is 0 Å². The Morgan fingerprint density at radius 3 is 1.06 bits per heavy atom. The standard InChI is InChI=1S/C11H25NO4.2C11H25NO2.C9H21NO2.C8H20N2O2.C7H17NO2/c1-3-5-13-7-9-15-11(2)16-10-8-14-6-4-12;1-9(2)5-7-13-11(4)14-8-6-10(3)12;1-5-6-9(2)13-11(4)14-10(3)7-8-12;1-5-7(2)11-9(4)12-8(3)6-10;1-8(11-6-2-4-9)12-7-3-5-10;1-3-5-9-7(2)10-6-4-8/h11H,3-10,12H2,1-2H3;2*9-11H,5-8,12H2,1-4H3;7-9H,5-6,10H2,1-4H3;8H,2-7,9-10H2,1H3;7H,3-6,8H2,1-2H3. The van der Waals surface area contributed by atoms with Crippen LogP contribution in [-0.2, 0) is 66.3 Å². The molecule has 0 aliphatic carbocycles. The SMILES string of the molecule is CC(C)CCOC(C)OCCC(C)N.CC(OCCCN)OCCCN.CCC(C)OC(C)OC(C)CN.CCCC(C)OC(C)OC(C)CCN.CCCOC(C)OCCN.CCCOCCOC(C)OCCOCCN. The van der Waals surface area contributed by atoms with Crippen LogP contribution in [0.15, 0.2) is 0 Å². The molecule has 0 aliphatic heterocycles. The van der Waals surface area contributed by atoms with E-state index in [9.17, 15) is 0 Å². The second kappa shape index (κ2) is 72.3. The molecule has 0 amide bonds. The zero-order valence-electron chi connectivity index (χ0n) is 53.5. The molecule has 0 saturated carbocycles. The summed E-state index contributed by atoms with van der Waals surface area (Å²) in [5.41, 5.74) is 37.5. The number of hydrogen-bond donors (Lipinski definition) is 7. The highest BCUT2D eigenvalue weighted by atomic mass is 16.7. The summed E-state index contributed by atoms with van der Waals surface area (Å²) >= 11 is 0. The smallest absolute Gasteiger partial charge is 0.155 e. The molecule has 0 saturated heterocycles. The molecule has 0 spiro atoms. The molecule has 0 aromatic rings. The third kappa shape index (κ3) is 86.4. The maximum absolute atomic E-state index is 5.64. The second-order valence-electron chi connectivity index (χ2n) is 19.2. The van der Waals surface area contributed by atoms with Crippen molar-refractivity contribution in [2.75, 3.05) is 119 Å². The molecule has 14 N–H and O–H groups in total. The minimum atomic E-state index is -0.216. The van der Waals surface area contributed by atoms with Crippen molar-refractivity contribution in [1.82, 2.24) is 0 Å². The van der Waals surface area contributed by atoms with Gasteiger partial charge in [-0.1, -0.05) is 48.0 Å². The zero-order valence-corrected chi connectivity index (χ0v) is 53.5. The van der Waals surface area contributed by atoms with Gasteiger partial charge in [-0.15, -0.1) is 0 Å². The summed E-state index contributed by atoms with van der Waals surface area (Å²) < 4.78 is 75.2. The highest BCUT2D eigenvalue weighted by Crippen LogP contribution is 2.09. The van der Waals surface area contributed by atoms with Gasteiger partial charge in [0.1, 0.15) is 0 Å². The van der Waals surface area contributed by atoms with Crippen molar-refractivity contribution < 1.29 is 66.3 Å². The highest BCUT2D eigenvalue weighted by Gasteiger charge is 2.12. The molecule has 0 aromatic carbocycles. The first-order valence-electron chi connectivity index (χ1n) is 29.8. The molecule has 0 aromatic heterocycles. The first-order chi connectivity index (χ1) is 37.1. The predicted molar refractivity (Wildman–Crippen MR) is 320 cm³/mol. The van der Waals surface area contributed by atoms with Gasteiger partial charge in [0, 0.05) is 45.5 Å². The minimum absolute atomic E-state index is 0.0732. The van der Waals surface area contributed by atoms with Crippen molar-refractivity contribution in [2.24, 2.45) is 46.1 Å². The molecule has 0 aliphatic rings. The van der Waals surface area contributed by atoms with Gasteiger partial charge in [0.05, 0.1) is 83.9 Å². The van der Waals surface area contributed by atoms with Crippen LogP contribution in [0.5, 0.6) is 0 Å². The van der Waals surface area contributed by atoms with Crippen LogP contribution in [0.25, 0.3) is 0 Å². The van der Waals surface area contributed by atoms with Gasteiger partial charge >= 0.3 is 0 Å². The van der Waals surface area contributed by atoms with Crippen molar-refractivity contribution in [3.05, 3.63) is 0 Å². The summed E-state index contributed by atoms with van der Waals surface area (Å²) in [6.45, 7) is 45.6. The maximum Gasteiger partial charge on any atom is 0.155 e. The first kappa shape index (κ1) is 88.4. The normalized spacial score (nSPS) is 15.0. The summed E-state index contributed by atoms with van der Waals surface area (Å²) in [5.74, 6) is 0.686. The summed E-state index contributed by atoms with van der Waals surface area (Å²) in [6, 6.07) is 0.206. The molecular weight excluding hydrogens is 1010 g/mol. The van der Waals surface area contributed by atoms with E-state index < -0.39 is 0 Å². The molecule has 10 atom stereocenters. The Morgan fingerprint density at radius 2 is 0.679 bits per heavy atom. The lowest BCUT2D eigenvalue weighted by atomic mass is 10.1. The zero-order chi connectivity index (χ0) is 60.6. The highest BCUT2D eigenvalue weighted by molar-refractivity contribution is 4.55. The minimum Gasteiger partial charge on any atom is -0.379 e. The van der Waals surface area contributed by atoms with Crippen molar-refractivity contribution in [3.63, 3.8) is 0 Å². The molecule has 0 fully saturated rings. The van der Waals surface area contributed by atoms with E-state index in [0.717, 1.165) is 84.0 Å². The fourth-order valence-electron chi connectivity index (χ4n) is 5.54. The molecule has 0 rings (SSSR count). The lowest BCUT2D eigenvalue weighted by molar-refractivity contribution is -0.179. The second-order valence-corrected chi connectivity index (χ2v) is 19.2. The van der Waals surface area contributed by atoms with Crippen LogP contribution in [0.2, 0.25) is 0 Å². The average Bonchev–Trinajstić information content (AvgIpc) is 3.38. The fourth-order valence-corrected chi connectivity index (χ4v) is 5.54. The van der Waals surface area contributed by atoms with Crippen LogP contribution in [0.1, 0.15) is 182 Å².